The van der Waals surface area contributed by atoms with Gasteiger partial charge in [-0.25, -0.2) is 0 Å². The number of benzene rings is 1. The third kappa shape index (κ3) is 5.73. The summed E-state index contributed by atoms with van der Waals surface area (Å²) in [6, 6.07) is 7.49. The number of carbonyl (C=O) groups excluding carboxylic acids is 1. The van der Waals surface area contributed by atoms with Crippen LogP contribution in [0.25, 0.3) is 0 Å². The molecule has 2 N–H and O–H groups in total. The summed E-state index contributed by atoms with van der Waals surface area (Å²) in [7, 11) is 3.06. The molecule has 0 aliphatic carbocycles. The topological polar surface area (TPSA) is 84.9 Å². The van der Waals surface area contributed by atoms with Gasteiger partial charge in [0, 0.05) is 13.5 Å². The summed E-state index contributed by atoms with van der Waals surface area (Å²) in [5.74, 6) is -0.461. The Morgan fingerprint density at radius 1 is 1.27 bits per heavy atom. The third-order valence-electron chi connectivity index (χ3n) is 3.26. The lowest BCUT2D eigenvalue weighted by atomic mass is 9.98. The number of aliphatic carboxylic acids is 1. The van der Waals surface area contributed by atoms with Crippen LogP contribution in [0.3, 0.4) is 0 Å². The molecule has 6 heteroatoms. The van der Waals surface area contributed by atoms with Gasteiger partial charge in [-0.3, -0.25) is 9.59 Å². The summed E-state index contributed by atoms with van der Waals surface area (Å²) < 4.78 is 10.3. The second kappa shape index (κ2) is 8.38. The first-order valence-electron chi connectivity index (χ1n) is 7.04. The Morgan fingerprint density at radius 3 is 2.55 bits per heavy atom. The second-order valence-corrected chi connectivity index (χ2v) is 5.42. The Kier molecular flexibility index (Phi) is 6.85. The number of carbonyl (C=O) groups is 2. The van der Waals surface area contributed by atoms with Crippen molar-refractivity contribution in [2.24, 2.45) is 0 Å². The normalized spacial score (nSPS) is 13.2. The van der Waals surface area contributed by atoms with Crippen LogP contribution in [0.2, 0.25) is 0 Å². The monoisotopic (exact) mass is 309 g/mol. The Morgan fingerprint density at radius 2 is 1.95 bits per heavy atom. The highest BCUT2D eigenvalue weighted by Gasteiger charge is 2.29. The maximum absolute atomic E-state index is 12.1. The van der Waals surface area contributed by atoms with Crippen LogP contribution in [0.4, 0.5) is 0 Å². The van der Waals surface area contributed by atoms with E-state index in [4.69, 9.17) is 14.6 Å². The molecule has 0 aliphatic rings. The SMILES string of the molecule is COCC(C)(CC(=O)O)NC(=O)CCc1ccccc1OC. The molecule has 1 aromatic rings. The van der Waals surface area contributed by atoms with Crippen LogP contribution in [0.15, 0.2) is 24.3 Å². The first-order chi connectivity index (χ1) is 10.4. The average molecular weight is 309 g/mol. The molecule has 0 spiro atoms. The van der Waals surface area contributed by atoms with Crippen molar-refractivity contribution in [1.82, 2.24) is 5.32 Å². The molecule has 0 heterocycles. The number of carboxylic acids is 1. The number of methoxy groups -OCH3 is 2. The fourth-order valence-corrected chi connectivity index (χ4v) is 2.34. The van der Waals surface area contributed by atoms with Crippen LogP contribution in [0.5, 0.6) is 5.75 Å². The molecule has 0 saturated carbocycles. The van der Waals surface area contributed by atoms with Gasteiger partial charge in [-0.1, -0.05) is 18.2 Å². The van der Waals surface area contributed by atoms with Crippen molar-refractivity contribution < 1.29 is 24.2 Å². The van der Waals surface area contributed by atoms with Gasteiger partial charge in [0.2, 0.25) is 5.91 Å². The van der Waals surface area contributed by atoms with Gasteiger partial charge in [-0.15, -0.1) is 0 Å². The van der Waals surface area contributed by atoms with Gasteiger partial charge in [0.25, 0.3) is 0 Å². The van der Waals surface area contributed by atoms with Gasteiger partial charge in [0.1, 0.15) is 5.75 Å². The summed E-state index contributed by atoms with van der Waals surface area (Å²) in [4.78, 5) is 23.0. The molecule has 1 unspecified atom stereocenters. The van der Waals surface area contributed by atoms with E-state index < -0.39 is 11.5 Å². The molecular formula is C16H23NO5. The number of hydrogen-bond acceptors (Lipinski definition) is 4. The fourth-order valence-electron chi connectivity index (χ4n) is 2.34. The molecule has 0 aliphatic heterocycles. The Hall–Kier alpha value is -2.08. The van der Waals surface area contributed by atoms with E-state index >= 15 is 0 Å². The van der Waals surface area contributed by atoms with Crippen molar-refractivity contribution >= 4 is 11.9 Å². The van der Waals surface area contributed by atoms with Crippen LogP contribution in [0, 0.1) is 0 Å². The molecule has 1 amide bonds. The summed E-state index contributed by atoms with van der Waals surface area (Å²) in [5, 5.41) is 11.7. The predicted molar refractivity (Wildman–Crippen MR) is 82.0 cm³/mol. The number of nitrogens with one attached hydrogen (secondary N) is 1. The van der Waals surface area contributed by atoms with Crippen LogP contribution in [-0.2, 0) is 20.7 Å². The zero-order valence-electron chi connectivity index (χ0n) is 13.2. The molecule has 6 nitrogen and oxygen atoms in total. The minimum atomic E-state index is -0.982. The lowest BCUT2D eigenvalue weighted by molar-refractivity contribution is -0.139. The van der Waals surface area contributed by atoms with E-state index in [1.807, 2.05) is 24.3 Å². The van der Waals surface area contributed by atoms with Gasteiger partial charge in [0.05, 0.1) is 25.7 Å². The standard InChI is InChI=1S/C16H23NO5/c1-16(11-21-2,10-15(19)20)17-14(18)9-8-12-6-4-5-7-13(12)22-3/h4-7H,8-11H2,1-3H3,(H,17,18)(H,19,20). The minimum absolute atomic E-state index is 0.139. The van der Waals surface area contributed by atoms with Crippen molar-refractivity contribution in [2.75, 3.05) is 20.8 Å². The van der Waals surface area contributed by atoms with Gasteiger partial charge in [0.15, 0.2) is 0 Å². The van der Waals surface area contributed by atoms with Crippen molar-refractivity contribution in [3.8, 4) is 5.75 Å². The molecule has 0 bridgehead atoms. The Labute approximate surface area is 130 Å². The second-order valence-electron chi connectivity index (χ2n) is 5.42. The molecule has 122 valence electrons. The summed E-state index contributed by atoms with van der Waals surface area (Å²) in [6.07, 6.45) is 0.576. The van der Waals surface area contributed by atoms with Crippen molar-refractivity contribution in [1.29, 1.82) is 0 Å². The number of amides is 1. The van der Waals surface area contributed by atoms with Crippen molar-refractivity contribution in [2.45, 2.75) is 31.7 Å². The molecule has 1 rings (SSSR count). The predicted octanol–water partition coefficient (Wildman–Crippen LogP) is 1.62. The third-order valence-corrected chi connectivity index (χ3v) is 3.26. The number of ether oxygens (including phenoxy) is 2. The van der Waals surface area contributed by atoms with E-state index in [0.717, 1.165) is 11.3 Å². The molecule has 0 aromatic heterocycles. The number of rotatable bonds is 9. The van der Waals surface area contributed by atoms with Crippen LogP contribution in [0.1, 0.15) is 25.3 Å². The largest absolute Gasteiger partial charge is 0.496 e. The van der Waals surface area contributed by atoms with E-state index in [2.05, 4.69) is 5.32 Å². The van der Waals surface area contributed by atoms with E-state index in [9.17, 15) is 9.59 Å². The van der Waals surface area contributed by atoms with Crippen LogP contribution < -0.4 is 10.1 Å². The maximum Gasteiger partial charge on any atom is 0.305 e. The van der Waals surface area contributed by atoms with E-state index in [1.54, 1.807) is 14.0 Å². The van der Waals surface area contributed by atoms with Crippen molar-refractivity contribution in [3.63, 3.8) is 0 Å². The lowest BCUT2D eigenvalue weighted by Gasteiger charge is -2.28. The zero-order valence-corrected chi connectivity index (χ0v) is 13.2. The van der Waals surface area contributed by atoms with Gasteiger partial charge in [-0.2, -0.15) is 0 Å². The molecule has 0 fully saturated rings. The maximum atomic E-state index is 12.1. The lowest BCUT2D eigenvalue weighted by Crippen LogP contribution is -2.50. The van der Waals surface area contributed by atoms with Crippen LogP contribution in [-0.4, -0.2) is 43.3 Å². The fraction of sp³-hybridized carbons (Fsp3) is 0.500. The number of carboxylic acid groups (broad SMARTS) is 1. The van der Waals surface area contributed by atoms with Gasteiger partial charge in [-0.05, 0) is 25.0 Å². The first-order valence-corrected chi connectivity index (χ1v) is 7.04. The molecule has 22 heavy (non-hydrogen) atoms. The van der Waals surface area contributed by atoms with Gasteiger partial charge >= 0.3 is 5.97 Å². The Bertz CT molecular complexity index is 517. The number of para-hydroxylation sites is 1. The summed E-state index contributed by atoms with van der Waals surface area (Å²) in [5.41, 5.74) is 0.0187. The minimum Gasteiger partial charge on any atom is -0.496 e. The first kappa shape index (κ1) is 18.0. The smallest absolute Gasteiger partial charge is 0.305 e. The van der Waals surface area contributed by atoms with E-state index in [-0.39, 0.29) is 25.4 Å². The molecule has 1 atom stereocenters. The van der Waals surface area contributed by atoms with E-state index in [1.165, 1.54) is 7.11 Å². The highest BCUT2D eigenvalue weighted by molar-refractivity contribution is 5.78. The average Bonchev–Trinajstić information content (AvgIpc) is 2.44. The highest BCUT2D eigenvalue weighted by atomic mass is 16.5. The molecular weight excluding hydrogens is 286 g/mol. The highest BCUT2D eigenvalue weighted by Crippen LogP contribution is 2.19. The van der Waals surface area contributed by atoms with Crippen molar-refractivity contribution in [3.05, 3.63) is 29.8 Å². The van der Waals surface area contributed by atoms with Gasteiger partial charge < -0.3 is 19.9 Å². The number of aryl methyl sites for hydroxylation is 1. The number of hydrogen-bond donors (Lipinski definition) is 2. The zero-order chi connectivity index (χ0) is 16.6. The molecule has 1 aromatic carbocycles. The van der Waals surface area contributed by atoms with E-state index in [0.29, 0.717) is 6.42 Å². The summed E-state index contributed by atoms with van der Waals surface area (Å²) >= 11 is 0. The summed E-state index contributed by atoms with van der Waals surface area (Å²) in [6.45, 7) is 1.80. The molecule has 0 saturated heterocycles. The quantitative estimate of drug-likeness (QED) is 0.724. The molecule has 0 radical (unpaired) electrons. The Balaban J connectivity index is 2.62. The van der Waals surface area contributed by atoms with Crippen LogP contribution >= 0.6 is 0 Å².